The second kappa shape index (κ2) is 9.05. The van der Waals surface area contributed by atoms with E-state index in [1.807, 2.05) is 32.0 Å². The number of anilines is 1. The molecular formula is C19H20N2O4S. The Morgan fingerprint density at radius 2 is 1.81 bits per heavy atom. The second-order valence-electron chi connectivity index (χ2n) is 5.65. The van der Waals surface area contributed by atoms with Gasteiger partial charge in [0.15, 0.2) is 6.61 Å². The number of aryl methyl sites for hydroxylation is 2. The molecule has 0 unspecified atom stereocenters. The number of para-hydroxylation sites is 1. The van der Waals surface area contributed by atoms with Crippen molar-refractivity contribution >= 4 is 35.2 Å². The Balaban J connectivity index is 1.81. The van der Waals surface area contributed by atoms with E-state index in [0.717, 1.165) is 10.5 Å². The van der Waals surface area contributed by atoms with E-state index >= 15 is 0 Å². The van der Waals surface area contributed by atoms with Gasteiger partial charge in [0, 0.05) is 4.90 Å². The third-order valence-electron chi connectivity index (χ3n) is 3.67. The fraction of sp³-hybridized carbons (Fsp3) is 0.211. The zero-order valence-corrected chi connectivity index (χ0v) is 15.4. The molecule has 0 fully saturated rings. The van der Waals surface area contributed by atoms with Crippen LogP contribution in [0.5, 0.6) is 0 Å². The summed E-state index contributed by atoms with van der Waals surface area (Å²) in [7, 11) is 0. The first-order valence-electron chi connectivity index (χ1n) is 7.91. The summed E-state index contributed by atoms with van der Waals surface area (Å²) < 4.78 is 4.96. The molecule has 3 N–H and O–H groups in total. The minimum atomic E-state index is -0.650. The number of nitrogens with two attached hydrogens (primary N) is 1. The monoisotopic (exact) mass is 372 g/mol. The molecule has 2 rings (SSSR count). The Labute approximate surface area is 156 Å². The Hall–Kier alpha value is -2.80. The number of carbonyl (C=O) groups excluding carboxylic acids is 3. The summed E-state index contributed by atoms with van der Waals surface area (Å²) in [6, 6.07) is 12.3. The van der Waals surface area contributed by atoms with Crippen LogP contribution in [0.15, 0.2) is 47.4 Å². The zero-order chi connectivity index (χ0) is 19.1. The Bertz CT molecular complexity index is 836. The van der Waals surface area contributed by atoms with Gasteiger partial charge < -0.3 is 15.8 Å². The largest absolute Gasteiger partial charge is 0.455 e. The van der Waals surface area contributed by atoms with E-state index in [2.05, 4.69) is 5.32 Å². The molecule has 6 nitrogen and oxygen atoms in total. The molecule has 0 heterocycles. The smallest absolute Gasteiger partial charge is 0.316 e. The number of rotatable bonds is 7. The molecule has 0 bridgehead atoms. The van der Waals surface area contributed by atoms with Crippen LogP contribution in [0.2, 0.25) is 0 Å². The minimum absolute atomic E-state index is 0.105. The topological polar surface area (TPSA) is 98.5 Å². The van der Waals surface area contributed by atoms with Gasteiger partial charge in [0.25, 0.3) is 11.8 Å². The van der Waals surface area contributed by atoms with E-state index in [1.54, 1.807) is 18.2 Å². The molecule has 2 aromatic rings. The van der Waals surface area contributed by atoms with Gasteiger partial charge in [-0.15, -0.1) is 11.8 Å². The maximum atomic E-state index is 11.9. The van der Waals surface area contributed by atoms with Gasteiger partial charge in [-0.3, -0.25) is 14.4 Å². The van der Waals surface area contributed by atoms with Crippen molar-refractivity contribution in [3.05, 3.63) is 59.2 Å². The predicted octanol–water partition coefficient (Wildman–Crippen LogP) is 2.68. The number of benzene rings is 2. The van der Waals surface area contributed by atoms with Crippen LogP contribution < -0.4 is 11.1 Å². The highest BCUT2D eigenvalue weighted by molar-refractivity contribution is 8.00. The molecule has 2 aromatic carbocycles. The predicted molar refractivity (Wildman–Crippen MR) is 101 cm³/mol. The van der Waals surface area contributed by atoms with Gasteiger partial charge in [-0.2, -0.15) is 0 Å². The highest BCUT2D eigenvalue weighted by Gasteiger charge is 2.12. The number of carbonyl (C=O) groups is 3. The van der Waals surface area contributed by atoms with E-state index in [1.165, 1.54) is 23.4 Å². The fourth-order valence-corrected chi connectivity index (χ4v) is 2.92. The van der Waals surface area contributed by atoms with Gasteiger partial charge in [0.05, 0.1) is 17.0 Å². The summed E-state index contributed by atoms with van der Waals surface area (Å²) in [5.74, 6) is -1.58. The highest BCUT2D eigenvalue weighted by atomic mass is 32.2. The van der Waals surface area contributed by atoms with E-state index in [9.17, 15) is 14.4 Å². The summed E-state index contributed by atoms with van der Waals surface area (Å²) in [5.41, 5.74) is 8.06. The Morgan fingerprint density at radius 1 is 1.08 bits per heavy atom. The maximum absolute atomic E-state index is 11.9. The average Bonchev–Trinajstić information content (AvgIpc) is 2.61. The lowest BCUT2D eigenvalue weighted by Crippen LogP contribution is -2.23. The first kappa shape index (κ1) is 19.5. The van der Waals surface area contributed by atoms with Crippen molar-refractivity contribution in [1.82, 2.24) is 0 Å². The van der Waals surface area contributed by atoms with Crippen molar-refractivity contribution in [1.29, 1.82) is 0 Å². The van der Waals surface area contributed by atoms with Gasteiger partial charge in [-0.25, -0.2) is 0 Å². The van der Waals surface area contributed by atoms with Crippen molar-refractivity contribution in [2.45, 2.75) is 18.7 Å². The zero-order valence-electron chi connectivity index (χ0n) is 14.6. The summed E-state index contributed by atoms with van der Waals surface area (Å²) >= 11 is 1.35. The summed E-state index contributed by atoms with van der Waals surface area (Å²) in [6.45, 7) is 3.60. The van der Waals surface area contributed by atoms with E-state index in [-0.39, 0.29) is 17.0 Å². The van der Waals surface area contributed by atoms with Crippen molar-refractivity contribution in [2.24, 2.45) is 5.73 Å². The first-order chi connectivity index (χ1) is 12.4. The van der Waals surface area contributed by atoms with Crippen LogP contribution in [0.1, 0.15) is 21.5 Å². The van der Waals surface area contributed by atoms with Gasteiger partial charge in [-0.1, -0.05) is 18.2 Å². The van der Waals surface area contributed by atoms with Gasteiger partial charge in [0.2, 0.25) is 0 Å². The standard InChI is InChI=1S/C19H20N2O4S/c1-12-7-8-14(9-13(12)2)26-11-18(23)25-10-17(22)21-16-6-4-3-5-15(16)19(20)24/h3-9H,10-11H2,1-2H3,(H2,20,24)(H,21,22). The van der Waals surface area contributed by atoms with Crippen molar-refractivity contribution < 1.29 is 19.1 Å². The number of hydrogen-bond donors (Lipinski definition) is 2. The molecule has 0 aliphatic heterocycles. The normalized spacial score (nSPS) is 10.2. The van der Waals surface area contributed by atoms with Crippen LogP contribution in [0.4, 0.5) is 5.69 Å². The summed E-state index contributed by atoms with van der Waals surface area (Å²) in [4.78, 5) is 36.0. The lowest BCUT2D eigenvalue weighted by atomic mass is 10.1. The van der Waals surface area contributed by atoms with Gasteiger partial charge in [-0.05, 0) is 49.2 Å². The first-order valence-corrected chi connectivity index (χ1v) is 8.89. The molecule has 0 spiro atoms. The molecule has 7 heteroatoms. The van der Waals surface area contributed by atoms with Gasteiger partial charge >= 0.3 is 5.97 Å². The van der Waals surface area contributed by atoms with Crippen LogP contribution in [-0.4, -0.2) is 30.1 Å². The molecule has 0 radical (unpaired) electrons. The SMILES string of the molecule is Cc1ccc(SCC(=O)OCC(=O)Nc2ccccc2C(N)=O)cc1C. The van der Waals surface area contributed by atoms with E-state index in [0.29, 0.717) is 0 Å². The van der Waals surface area contributed by atoms with Crippen LogP contribution in [0, 0.1) is 13.8 Å². The number of primary amides is 1. The number of hydrogen-bond acceptors (Lipinski definition) is 5. The van der Waals surface area contributed by atoms with Crippen molar-refractivity contribution in [2.75, 3.05) is 17.7 Å². The number of amides is 2. The number of esters is 1. The molecule has 0 aromatic heterocycles. The van der Waals surface area contributed by atoms with Crippen LogP contribution >= 0.6 is 11.8 Å². The molecule has 0 atom stereocenters. The Kier molecular flexibility index (Phi) is 6.80. The molecule has 0 saturated heterocycles. The molecule has 0 aliphatic carbocycles. The van der Waals surface area contributed by atoms with Crippen LogP contribution in [0.25, 0.3) is 0 Å². The number of nitrogens with one attached hydrogen (secondary N) is 1. The number of ether oxygens (including phenoxy) is 1. The number of thioether (sulfide) groups is 1. The van der Waals surface area contributed by atoms with Crippen molar-refractivity contribution in [3.63, 3.8) is 0 Å². The maximum Gasteiger partial charge on any atom is 0.316 e. The van der Waals surface area contributed by atoms with Crippen molar-refractivity contribution in [3.8, 4) is 0 Å². The minimum Gasteiger partial charge on any atom is -0.455 e. The summed E-state index contributed by atoms with van der Waals surface area (Å²) in [5, 5.41) is 2.51. The molecule has 2 amide bonds. The lowest BCUT2D eigenvalue weighted by Gasteiger charge is -2.09. The van der Waals surface area contributed by atoms with Crippen LogP contribution in [0.3, 0.4) is 0 Å². The average molecular weight is 372 g/mol. The Morgan fingerprint density at radius 3 is 2.50 bits per heavy atom. The van der Waals surface area contributed by atoms with Gasteiger partial charge in [0.1, 0.15) is 0 Å². The van der Waals surface area contributed by atoms with Crippen LogP contribution in [-0.2, 0) is 14.3 Å². The summed E-state index contributed by atoms with van der Waals surface area (Å²) in [6.07, 6.45) is 0. The molecule has 0 aliphatic rings. The molecule has 26 heavy (non-hydrogen) atoms. The lowest BCUT2D eigenvalue weighted by molar-refractivity contribution is -0.144. The third kappa shape index (κ3) is 5.63. The highest BCUT2D eigenvalue weighted by Crippen LogP contribution is 2.21. The van der Waals surface area contributed by atoms with E-state index in [4.69, 9.17) is 10.5 Å². The molecular weight excluding hydrogens is 352 g/mol. The second-order valence-corrected chi connectivity index (χ2v) is 6.70. The molecule has 136 valence electrons. The molecule has 0 saturated carbocycles. The van der Waals surface area contributed by atoms with E-state index < -0.39 is 24.4 Å². The third-order valence-corrected chi connectivity index (χ3v) is 4.63. The quantitative estimate of drug-likeness (QED) is 0.575. The fourth-order valence-electron chi connectivity index (χ4n) is 2.13.